The van der Waals surface area contributed by atoms with Crippen LogP contribution in [0.2, 0.25) is 0 Å². The molecule has 2 aromatic rings. The topological polar surface area (TPSA) is 122 Å². The number of amides is 1. The number of sulfonamides is 1. The number of nitrogens with zero attached hydrogens (tertiary/aromatic N) is 3. The van der Waals surface area contributed by atoms with E-state index in [1.54, 1.807) is 42.5 Å². The molecule has 0 bridgehead atoms. The summed E-state index contributed by atoms with van der Waals surface area (Å²) in [6.07, 6.45) is 2.96. The van der Waals surface area contributed by atoms with Gasteiger partial charge in [-0.15, -0.1) is 0 Å². The number of nitro groups is 1. The Kier molecular flexibility index (Phi) is 8.15. The van der Waals surface area contributed by atoms with Gasteiger partial charge < -0.3 is 10.1 Å². The van der Waals surface area contributed by atoms with Gasteiger partial charge in [-0.25, -0.2) is 8.42 Å². The maximum atomic E-state index is 12.8. The minimum Gasteiger partial charge on any atom is -0.497 e. The third-order valence-corrected chi connectivity index (χ3v) is 7.20. The first-order valence-electron chi connectivity index (χ1n) is 10.4. The van der Waals surface area contributed by atoms with Crippen LogP contribution in [-0.4, -0.2) is 74.8 Å². The summed E-state index contributed by atoms with van der Waals surface area (Å²) in [5, 5.41) is 13.5. The zero-order chi connectivity index (χ0) is 23.8. The maximum Gasteiger partial charge on any atom is 0.269 e. The fourth-order valence-electron chi connectivity index (χ4n) is 3.37. The van der Waals surface area contributed by atoms with Gasteiger partial charge in [0, 0.05) is 57.5 Å². The molecule has 0 unspecified atom stereocenters. The molecule has 1 fully saturated rings. The van der Waals surface area contributed by atoms with Crippen LogP contribution in [0.1, 0.15) is 5.56 Å². The Hall–Kier alpha value is -3.28. The first-order valence-corrected chi connectivity index (χ1v) is 11.8. The van der Waals surface area contributed by atoms with Gasteiger partial charge in [-0.1, -0.05) is 0 Å². The number of carbonyl (C=O) groups is 1. The summed E-state index contributed by atoms with van der Waals surface area (Å²) in [7, 11) is -2.02. The van der Waals surface area contributed by atoms with Crippen molar-refractivity contribution in [2.75, 3.05) is 46.4 Å². The summed E-state index contributed by atoms with van der Waals surface area (Å²) in [5.74, 6) is 0.331. The Morgan fingerprint density at radius 2 is 1.73 bits per heavy atom. The number of piperazine rings is 1. The molecular weight excluding hydrogens is 448 g/mol. The molecule has 0 aliphatic carbocycles. The molecule has 176 valence electrons. The average molecular weight is 475 g/mol. The minimum absolute atomic E-state index is 0.00602. The zero-order valence-corrected chi connectivity index (χ0v) is 19.0. The highest BCUT2D eigenvalue weighted by Gasteiger charge is 2.28. The fraction of sp³-hybridized carbons (Fsp3) is 0.318. The van der Waals surface area contributed by atoms with E-state index in [0.717, 1.165) is 0 Å². The van der Waals surface area contributed by atoms with Crippen LogP contribution >= 0.6 is 0 Å². The van der Waals surface area contributed by atoms with Gasteiger partial charge in [0.15, 0.2) is 0 Å². The number of ether oxygens (including phenoxy) is 1. The van der Waals surface area contributed by atoms with Crippen molar-refractivity contribution in [1.29, 1.82) is 0 Å². The van der Waals surface area contributed by atoms with Crippen LogP contribution in [0.3, 0.4) is 0 Å². The first-order chi connectivity index (χ1) is 15.8. The lowest BCUT2D eigenvalue weighted by Crippen LogP contribution is -2.50. The summed E-state index contributed by atoms with van der Waals surface area (Å²) in [6.45, 7) is 2.93. The van der Waals surface area contributed by atoms with E-state index in [4.69, 9.17) is 4.74 Å². The van der Waals surface area contributed by atoms with Gasteiger partial charge in [0.2, 0.25) is 15.9 Å². The van der Waals surface area contributed by atoms with Crippen LogP contribution in [0.15, 0.2) is 59.5 Å². The Balaban J connectivity index is 1.41. The fourth-order valence-corrected chi connectivity index (χ4v) is 4.79. The predicted molar refractivity (Wildman–Crippen MR) is 123 cm³/mol. The number of methoxy groups -OCH3 is 1. The summed E-state index contributed by atoms with van der Waals surface area (Å²) in [6, 6.07) is 12.2. The Labute approximate surface area is 192 Å². The third kappa shape index (κ3) is 6.60. The molecule has 1 saturated heterocycles. The van der Waals surface area contributed by atoms with Crippen LogP contribution in [0.4, 0.5) is 5.69 Å². The van der Waals surface area contributed by atoms with E-state index < -0.39 is 14.9 Å². The van der Waals surface area contributed by atoms with Crippen molar-refractivity contribution in [3.63, 3.8) is 0 Å². The highest BCUT2D eigenvalue weighted by Crippen LogP contribution is 2.20. The van der Waals surface area contributed by atoms with E-state index in [2.05, 4.69) is 10.2 Å². The van der Waals surface area contributed by atoms with Crippen LogP contribution in [0, 0.1) is 10.1 Å². The van der Waals surface area contributed by atoms with E-state index in [0.29, 0.717) is 50.6 Å². The Bertz CT molecular complexity index is 1090. The molecule has 3 rings (SSSR count). The third-order valence-electron chi connectivity index (χ3n) is 5.29. The number of nitro benzene ring substituents is 1. The van der Waals surface area contributed by atoms with Gasteiger partial charge in [0.1, 0.15) is 5.75 Å². The van der Waals surface area contributed by atoms with Gasteiger partial charge in [-0.2, -0.15) is 4.31 Å². The Morgan fingerprint density at radius 3 is 2.30 bits per heavy atom. The van der Waals surface area contributed by atoms with Gasteiger partial charge in [0.25, 0.3) is 5.69 Å². The molecule has 33 heavy (non-hydrogen) atoms. The molecule has 1 N–H and O–H groups in total. The van der Waals surface area contributed by atoms with E-state index in [-0.39, 0.29) is 16.5 Å². The van der Waals surface area contributed by atoms with Crippen LogP contribution in [0.25, 0.3) is 6.08 Å². The van der Waals surface area contributed by atoms with Crippen molar-refractivity contribution in [1.82, 2.24) is 14.5 Å². The Morgan fingerprint density at radius 1 is 1.09 bits per heavy atom. The van der Waals surface area contributed by atoms with Gasteiger partial charge in [-0.3, -0.25) is 19.8 Å². The molecule has 1 amide bonds. The van der Waals surface area contributed by atoms with Crippen molar-refractivity contribution >= 4 is 27.7 Å². The largest absolute Gasteiger partial charge is 0.497 e. The molecule has 0 radical (unpaired) electrons. The zero-order valence-electron chi connectivity index (χ0n) is 18.2. The van der Waals surface area contributed by atoms with Gasteiger partial charge in [0.05, 0.1) is 16.9 Å². The van der Waals surface area contributed by atoms with Crippen molar-refractivity contribution in [3.8, 4) is 5.75 Å². The van der Waals surface area contributed by atoms with Crippen molar-refractivity contribution < 1.29 is 22.9 Å². The highest BCUT2D eigenvalue weighted by atomic mass is 32.2. The van der Waals surface area contributed by atoms with E-state index >= 15 is 0 Å². The lowest BCUT2D eigenvalue weighted by atomic mass is 10.2. The summed E-state index contributed by atoms with van der Waals surface area (Å²) < 4.78 is 32.2. The van der Waals surface area contributed by atoms with Gasteiger partial charge >= 0.3 is 0 Å². The SMILES string of the molecule is COc1ccc(S(=O)(=O)N2CCN(CCNC(=O)/C=C\c3ccc([N+](=O)[O-])cc3)CC2)cc1. The number of non-ortho nitro benzene ring substituents is 1. The monoisotopic (exact) mass is 474 g/mol. The summed E-state index contributed by atoms with van der Waals surface area (Å²) in [5.41, 5.74) is 0.679. The minimum atomic E-state index is -3.55. The lowest BCUT2D eigenvalue weighted by Gasteiger charge is -2.33. The number of benzene rings is 2. The molecule has 1 aliphatic rings. The standard InChI is InChI=1S/C22H26N4O6S/c1-32-20-7-9-21(10-8-20)33(30,31)25-16-14-24(15-17-25)13-12-23-22(27)11-4-18-2-5-19(6-3-18)26(28)29/h2-11H,12-17H2,1H3,(H,23,27)/b11-4-. The van der Waals surface area contributed by atoms with Crippen molar-refractivity contribution in [2.24, 2.45) is 0 Å². The van der Waals surface area contributed by atoms with Crippen molar-refractivity contribution in [2.45, 2.75) is 4.90 Å². The van der Waals surface area contributed by atoms with Crippen LogP contribution < -0.4 is 10.1 Å². The molecule has 1 aliphatic heterocycles. The highest BCUT2D eigenvalue weighted by molar-refractivity contribution is 7.89. The normalized spacial score (nSPS) is 15.4. The number of hydrogen-bond donors (Lipinski definition) is 1. The molecular formula is C22H26N4O6S. The molecule has 11 heteroatoms. The number of hydrogen-bond acceptors (Lipinski definition) is 7. The molecule has 0 atom stereocenters. The van der Waals surface area contributed by atoms with Gasteiger partial charge in [-0.05, 0) is 48.0 Å². The lowest BCUT2D eigenvalue weighted by molar-refractivity contribution is -0.384. The average Bonchev–Trinajstić information content (AvgIpc) is 2.83. The second-order valence-electron chi connectivity index (χ2n) is 7.39. The number of carbonyl (C=O) groups excluding carboxylic acids is 1. The van der Waals surface area contributed by atoms with E-state index in [1.165, 1.54) is 29.6 Å². The second-order valence-corrected chi connectivity index (χ2v) is 9.33. The molecule has 0 saturated carbocycles. The molecule has 2 aromatic carbocycles. The number of nitrogens with one attached hydrogen (secondary N) is 1. The number of rotatable bonds is 9. The summed E-state index contributed by atoms with van der Waals surface area (Å²) in [4.78, 5) is 24.5. The molecule has 1 heterocycles. The van der Waals surface area contributed by atoms with Crippen molar-refractivity contribution in [3.05, 3.63) is 70.3 Å². The van der Waals surface area contributed by atoms with E-state index in [9.17, 15) is 23.3 Å². The molecule has 10 nitrogen and oxygen atoms in total. The maximum absolute atomic E-state index is 12.8. The first kappa shape index (κ1) is 24.4. The molecule has 0 aromatic heterocycles. The quantitative estimate of drug-likeness (QED) is 0.334. The van der Waals surface area contributed by atoms with Crippen LogP contribution in [-0.2, 0) is 14.8 Å². The second kappa shape index (κ2) is 11.0. The molecule has 0 spiro atoms. The predicted octanol–water partition coefficient (Wildman–Crippen LogP) is 1.74. The summed E-state index contributed by atoms with van der Waals surface area (Å²) >= 11 is 0. The van der Waals surface area contributed by atoms with Crippen LogP contribution in [0.5, 0.6) is 5.75 Å². The van der Waals surface area contributed by atoms with E-state index in [1.807, 2.05) is 0 Å². The smallest absolute Gasteiger partial charge is 0.269 e.